The summed E-state index contributed by atoms with van der Waals surface area (Å²) < 4.78 is 7.21. The van der Waals surface area contributed by atoms with Gasteiger partial charge in [-0.1, -0.05) is 0 Å². The summed E-state index contributed by atoms with van der Waals surface area (Å²) in [5.41, 5.74) is 3.39. The van der Waals surface area contributed by atoms with Crippen molar-refractivity contribution in [3.8, 4) is 11.4 Å². The molecule has 2 aromatic rings. The normalized spacial score (nSPS) is 16.3. The topological polar surface area (TPSA) is 71.8 Å². The maximum atomic E-state index is 12.8. The van der Waals surface area contributed by atoms with E-state index in [2.05, 4.69) is 0 Å². The van der Waals surface area contributed by atoms with Gasteiger partial charge in [0.1, 0.15) is 5.75 Å². The number of rotatable bonds is 4. The van der Waals surface area contributed by atoms with Crippen LogP contribution in [0.5, 0.6) is 5.75 Å². The molecule has 0 saturated carbocycles. The van der Waals surface area contributed by atoms with Gasteiger partial charge in [-0.15, -0.1) is 12.4 Å². The zero-order valence-corrected chi connectivity index (χ0v) is 15.9. The van der Waals surface area contributed by atoms with Gasteiger partial charge in [-0.2, -0.15) is 0 Å². The molecule has 3 rings (SSSR count). The van der Waals surface area contributed by atoms with Gasteiger partial charge in [0.05, 0.1) is 18.6 Å². The molecule has 0 bridgehead atoms. The van der Waals surface area contributed by atoms with Gasteiger partial charge in [-0.3, -0.25) is 9.59 Å². The minimum atomic E-state index is -0.834. The molecule has 2 heterocycles. The highest BCUT2D eigenvalue weighted by Crippen LogP contribution is 2.26. The Morgan fingerprint density at radius 1 is 1.19 bits per heavy atom. The van der Waals surface area contributed by atoms with E-state index in [4.69, 9.17) is 9.84 Å². The summed E-state index contributed by atoms with van der Waals surface area (Å²) in [5, 5.41) is 9.13. The molecule has 1 aliphatic heterocycles. The standard InChI is InChI=1S/C19H22N2O4.ClH/c1-12-10-17(18(22)20-9-8-14(11-20)19(23)24)13(2)21(12)15-4-6-16(25-3)7-5-15;/h4-7,10,14H,8-9,11H2,1-3H3,(H,23,24);1H. The van der Waals surface area contributed by atoms with Crippen LogP contribution in [0.4, 0.5) is 0 Å². The van der Waals surface area contributed by atoms with E-state index >= 15 is 0 Å². The zero-order valence-electron chi connectivity index (χ0n) is 15.1. The van der Waals surface area contributed by atoms with Crippen molar-refractivity contribution >= 4 is 24.3 Å². The van der Waals surface area contributed by atoms with E-state index in [1.54, 1.807) is 12.0 Å². The fourth-order valence-corrected chi connectivity index (χ4v) is 3.42. The Hall–Kier alpha value is -2.47. The predicted molar refractivity (Wildman–Crippen MR) is 101 cm³/mol. The van der Waals surface area contributed by atoms with Gasteiger partial charge in [0, 0.05) is 30.2 Å². The van der Waals surface area contributed by atoms with E-state index in [0.717, 1.165) is 22.8 Å². The number of ether oxygens (including phenoxy) is 1. The van der Waals surface area contributed by atoms with Crippen LogP contribution >= 0.6 is 12.4 Å². The van der Waals surface area contributed by atoms with Crippen LogP contribution in [0.3, 0.4) is 0 Å². The second kappa shape index (κ2) is 7.83. The molecule has 7 heteroatoms. The van der Waals surface area contributed by atoms with Crippen LogP contribution in [0.15, 0.2) is 30.3 Å². The van der Waals surface area contributed by atoms with E-state index in [-0.39, 0.29) is 24.9 Å². The second-order valence-electron chi connectivity index (χ2n) is 6.39. The van der Waals surface area contributed by atoms with Crippen LogP contribution in [0.1, 0.15) is 28.2 Å². The number of hydrogen-bond acceptors (Lipinski definition) is 3. The number of aliphatic carboxylic acids is 1. The Bertz CT molecular complexity index is 814. The van der Waals surface area contributed by atoms with Crippen LogP contribution in [-0.4, -0.2) is 46.6 Å². The lowest BCUT2D eigenvalue weighted by molar-refractivity contribution is -0.141. The Morgan fingerprint density at radius 2 is 1.85 bits per heavy atom. The molecule has 1 aromatic heterocycles. The van der Waals surface area contributed by atoms with Crippen molar-refractivity contribution < 1.29 is 19.4 Å². The fourth-order valence-electron chi connectivity index (χ4n) is 3.42. The van der Waals surface area contributed by atoms with Gasteiger partial charge in [0.25, 0.3) is 5.91 Å². The molecule has 1 fully saturated rings. The van der Waals surface area contributed by atoms with Crippen molar-refractivity contribution in [1.29, 1.82) is 0 Å². The highest BCUT2D eigenvalue weighted by atomic mass is 35.5. The summed E-state index contributed by atoms with van der Waals surface area (Å²) >= 11 is 0. The second-order valence-corrected chi connectivity index (χ2v) is 6.39. The highest BCUT2D eigenvalue weighted by molar-refractivity contribution is 5.96. The quantitative estimate of drug-likeness (QED) is 0.887. The van der Waals surface area contributed by atoms with E-state index < -0.39 is 11.9 Å². The molecule has 1 amide bonds. The average molecular weight is 379 g/mol. The van der Waals surface area contributed by atoms with Crippen LogP contribution in [0, 0.1) is 19.8 Å². The first-order chi connectivity index (χ1) is 11.9. The molecular formula is C19H23ClN2O4. The first kappa shape index (κ1) is 19.8. The maximum absolute atomic E-state index is 12.8. The number of aryl methyl sites for hydroxylation is 1. The number of halogens is 1. The number of carboxylic acids is 1. The number of aromatic nitrogens is 1. The van der Waals surface area contributed by atoms with E-state index in [1.807, 2.05) is 48.7 Å². The minimum Gasteiger partial charge on any atom is -0.497 e. The summed E-state index contributed by atoms with van der Waals surface area (Å²) in [6, 6.07) is 9.53. The predicted octanol–water partition coefficient (Wildman–Crippen LogP) is 3.07. The zero-order chi connectivity index (χ0) is 18.1. The Kier molecular flexibility index (Phi) is 5.97. The average Bonchev–Trinajstić information content (AvgIpc) is 3.20. The van der Waals surface area contributed by atoms with Gasteiger partial charge < -0.3 is 19.3 Å². The molecule has 0 spiro atoms. The molecule has 0 radical (unpaired) electrons. The molecule has 1 aliphatic rings. The van der Waals surface area contributed by atoms with Crippen LogP contribution in [-0.2, 0) is 4.79 Å². The summed E-state index contributed by atoms with van der Waals surface area (Å²) in [6.45, 7) is 4.63. The molecule has 0 aliphatic carbocycles. The summed E-state index contributed by atoms with van der Waals surface area (Å²) in [7, 11) is 1.62. The van der Waals surface area contributed by atoms with Crippen molar-refractivity contribution in [2.75, 3.05) is 20.2 Å². The minimum absolute atomic E-state index is 0. The molecule has 1 saturated heterocycles. The van der Waals surface area contributed by atoms with Crippen molar-refractivity contribution in [1.82, 2.24) is 9.47 Å². The summed E-state index contributed by atoms with van der Waals surface area (Å²) in [4.78, 5) is 25.6. The molecular weight excluding hydrogens is 356 g/mol. The van der Waals surface area contributed by atoms with E-state index in [9.17, 15) is 9.59 Å². The van der Waals surface area contributed by atoms with Crippen molar-refractivity contribution in [3.63, 3.8) is 0 Å². The number of methoxy groups -OCH3 is 1. The first-order valence-electron chi connectivity index (χ1n) is 8.27. The van der Waals surface area contributed by atoms with Crippen molar-refractivity contribution in [3.05, 3.63) is 47.3 Å². The Morgan fingerprint density at radius 3 is 2.38 bits per heavy atom. The SMILES string of the molecule is COc1ccc(-n2c(C)cc(C(=O)N3CCC(C(=O)O)C3)c2C)cc1.Cl. The number of hydrogen-bond donors (Lipinski definition) is 1. The summed E-state index contributed by atoms with van der Waals surface area (Å²) in [5.74, 6) is -0.621. The third-order valence-corrected chi connectivity index (χ3v) is 4.82. The van der Waals surface area contributed by atoms with Gasteiger partial charge >= 0.3 is 5.97 Å². The smallest absolute Gasteiger partial charge is 0.308 e. The molecule has 1 atom stereocenters. The number of carbonyl (C=O) groups is 2. The lowest BCUT2D eigenvalue weighted by Crippen LogP contribution is -2.30. The number of carbonyl (C=O) groups excluding carboxylic acids is 1. The highest BCUT2D eigenvalue weighted by Gasteiger charge is 2.32. The van der Waals surface area contributed by atoms with Crippen LogP contribution in [0.2, 0.25) is 0 Å². The van der Waals surface area contributed by atoms with Crippen LogP contribution < -0.4 is 4.74 Å². The van der Waals surface area contributed by atoms with E-state index in [0.29, 0.717) is 18.5 Å². The first-order valence-corrected chi connectivity index (χ1v) is 8.27. The van der Waals surface area contributed by atoms with Gasteiger partial charge in [0.2, 0.25) is 0 Å². The third-order valence-electron chi connectivity index (χ3n) is 4.82. The lowest BCUT2D eigenvalue weighted by atomic mass is 10.1. The van der Waals surface area contributed by atoms with Crippen LogP contribution in [0.25, 0.3) is 5.69 Å². The molecule has 140 valence electrons. The maximum Gasteiger partial charge on any atom is 0.308 e. The molecule has 26 heavy (non-hydrogen) atoms. The number of carboxylic acid groups (broad SMARTS) is 1. The molecule has 1 N–H and O–H groups in total. The Balaban J connectivity index is 0.00000243. The summed E-state index contributed by atoms with van der Waals surface area (Å²) in [6.07, 6.45) is 0.512. The van der Waals surface area contributed by atoms with Gasteiger partial charge in [-0.05, 0) is 50.6 Å². The Labute approximate surface area is 158 Å². The molecule has 1 aromatic carbocycles. The third kappa shape index (κ3) is 3.55. The lowest BCUT2D eigenvalue weighted by Gasteiger charge is -2.16. The number of nitrogens with zero attached hydrogens (tertiary/aromatic N) is 2. The molecule has 1 unspecified atom stereocenters. The largest absolute Gasteiger partial charge is 0.497 e. The monoisotopic (exact) mass is 378 g/mol. The van der Waals surface area contributed by atoms with E-state index in [1.165, 1.54) is 0 Å². The van der Waals surface area contributed by atoms with Gasteiger partial charge in [-0.25, -0.2) is 0 Å². The number of benzene rings is 1. The van der Waals surface area contributed by atoms with Crippen molar-refractivity contribution in [2.24, 2.45) is 5.92 Å². The number of amides is 1. The van der Waals surface area contributed by atoms with Gasteiger partial charge in [0.15, 0.2) is 0 Å². The molecule has 6 nitrogen and oxygen atoms in total. The fraction of sp³-hybridized carbons (Fsp3) is 0.368. The van der Waals surface area contributed by atoms with Crippen molar-refractivity contribution in [2.45, 2.75) is 20.3 Å². The number of likely N-dealkylation sites (tertiary alicyclic amines) is 1.